The lowest BCUT2D eigenvalue weighted by atomic mass is 10.00. The predicted octanol–water partition coefficient (Wildman–Crippen LogP) is 6.33. The van der Waals surface area contributed by atoms with Gasteiger partial charge in [-0.3, -0.25) is 0 Å². The minimum atomic E-state index is -0.180. The first-order chi connectivity index (χ1) is 13.0. The smallest absolute Gasteiger partial charge is 0.123 e. The van der Waals surface area contributed by atoms with Crippen LogP contribution in [-0.4, -0.2) is 14.3 Å². The van der Waals surface area contributed by atoms with Crippen LogP contribution in [0.1, 0.15) is 44.2 Å². The largest absolute Gasteiger partial charge is 0.336 e. The highest BCUT2D eigenvalue weighted by Gasteiger charge is 2.27. The minimum absolute atomic E-state index is 0.0000788. The van der Waals surface area contributed by atoms with Gasteiger partial charge < -0.3 is 4.57 Å². The predicted molar refractivity (Wildman–Crippen MR) is 112 cm³/mol. The summed E-state index contributed by atoms with van der Waals surface area (Å²) in [4.78, 5) is 5.54. The van der Waals surface area contributed by atoms with Gasteiger partial charge in [0.15, 0.2) is 0 Å². The van der Waals surface area contributed by atoms with Gasteiger partial charge >= 0.3 is 0 Å². The summed E-state index contributed by atoms with van der Waals surface area (Å²) in [5.74, 6) is 0.309. The van der Waals surface area contributed by atoms with Crippen molar-refractivity contribution in [1.29, 1.82) is 0 Å². The van der Waals surface area contributed by atoms with E-state index in [1.165, 1.54) is 16.0 Å². The summed E-state index contributed by atoms with van der Waals surface area (Å²) in [5, 5.41) is 0. The molecule has 1 atom stereocenters. The molecule has 0 amide bonds. The third-order valence-electron chi connectivity index (χ3n) is 4.83. The van der Waals surface area contributed by atoms with Crippen molar-refractivity contribution in [3.05, 3.63) is 84.2 Å². The fraction of sp³-hybridized carbons (Fsp3) is 0.348. The molecule has 0 saturated carbocycles. The lowest BCUT2D eigenvalue weighted by Crippen LogP contribution is -2.27. The molecule has 4 heteroatoms. The fourth-order valence-electron chi connectivity index (χ4n) is 3.30. The molecule has 1 aromatic heterocycles. The molecule has 1 unspecified atom stereocenters. The molecule has 3 aromatic rings. The maximum Gasteiger partial charge on any atom is 0.123 e. The van der Waals surface area contributed by atoms with Crippen LogP contribution in [0.3, 0.4) is 0 Å². The highest BCUT2D eigenvalue weighted by atomic mass is 32.2. The summed E-state index contributed by atoms with van der Waals surface area (Å²) in [6.45, 7) is 7.68. The molecule has 3 rings (SSSR count). The van der Waals surface area contributed by atoms with Crippen molar-refractivity contribution in [1.82, 2.24) is 9.55 Å². The van der Waals surface area contributed by atoms with Gasteiger partial charge in [-0.15, -0.1) is 11.8 Å². The van der Waals surface area contributed by atoms with Crippen molar-refractivity contribution < 1.29 is 4.39 Å². The number of hydrogen-bond donors (Lipinski definition) is 0. The first-order valence-corrected chi connectivity index (χ1v) is 10.2. The summed E-state index contributed by atoms with van der Waals surface area (Å²) in [6.07, 6.45) is 7.64. The first kappa shape index (κ1) is 19.7. The molecular weight excluding hydrogens is 355 g/mol. The van der Waals surface area contributed by atoms with Crippen LogP contribution in [0, 0.1) is 5.82 Å². The molecule has 0 aliphatic carbocycles. The van der Waals surface area contributed by atoms with Crippen LogP contribution in [0.25, 0.3) is 0 Å². The van der Waals surface area contributed by atoms with E-state index in [0.717, 1.165) is 19.4 Å². The van der Waals surface area contributed by atoms with Gasteiger partial charge in [-0.2, -0.15) is 0 Å². The second-order valence-electron chi connectivity index (χ2n) is 7.61. The topological polar surface area (TPSA) is 17.8 Å². The minimum Gasteiger partial charge on any atom is -0.336 e. The van der Waals surface area contributed by atoms with E-state index in [4.69, 9.17) is 0 Å². The molecule has 0 spiro atoms. The number of hydrogen-bond acceptors (Lipinski definition) is 2. The second-order valence-corrected chi connectivity index (χ2v) is 9.24. The molecule has 0 aliphatic rings. The Hall–Kier alpha value is -2.07. The number of aromatic nitrogens is 2. The number of rotatable bonds is 8. The van der Waals surface area contributed by atoms with Crippen molar-refractivity contribution in [3.63, 3.8) is 0 Å². The van der Waals surface area contributed by atoms with E-state index in [1.807, 2.05) is 42.6 Å². The summed E-state index contributed by atoms with van der Waals surface area (Å²) in [6, 6.07) is 15.6. The van der Waals surface area contributed by atoms with Gasteiger partial charge in [0.1, 0.15) is 5.82 Å². The molecule has 2 nitrogen and oxygen atoms in total. The van der Waals surface area contributed by atoms with Gasteiger partial charge in [0, 0.05) is 28.6 Å². The average Bonchev–Trinajstić information content (AvgIpc) is 3.14. The molecule has 0 fully saturated rings. The van der Waals surface area contributed by atoms with Gasteiger partial charge in [0.2, 0.25) is 0 Å². The van der Waals surface area contributed by atoms with Gasteiger partial charge in [-0.1, -0.05) is 44.2 Å². The third kappa shape index (κ3) is 5.46. The summed E-state index contributed by atoms with van der Waals surface area (Å²) in [5.41, 5.74) is 2.56. The number of aryl methyl sites for hydroxylation is 1. The van der Waals surface area contributed by atoms with E-state index in [9.17, 15) is 4.39 Å². The van der Waals surface area contributed by atoms with Crippen molar-refractivity contribution in [2.45, 2.75) is 55.7 Å². The average molecular weight is 383 g/mol. The maximum absolute atomic E-state index is 13.2. The zero-order valence-corrected chi connectivity index (χ0v) is 17.0. The lowest BCUT2D eigenvalue weighted by Gasteiger charge is -2.31. The van der Waals surface area contributed by atoms with Gasteiger partial charge in [-0.05, 0) is 55.0 Å². The molecular formula is C23H27FN2S. The first-order valence-electron chi connectivity index (χ1n) is 9.43. The second kappa shape index (κ2) is 8.75. The Kier molecular flexibility index (Phi) is 6.38. The lowest BCUT2D eigenvalue weighted by molar-refractivity contribution is 0.495. The van der Waals surface area contributed by atoms with Crippen molar-refractivity contribution >= 4 is 11.8 Å². The van der Waals surface area contributed by atoms with Crippen molar-refractivity contribution in [2.24, 2.45) is 0 Å². The Morgan fingerprint density at radius 3 is 2.52 bits per heavy atom. The monoisotopic (exact) mass is 382 g/mol. The molecule has 1 heterocycles. The quantitative estimate of drug-likeness (QED) is 0.424. The van der Waals surface area contributed by atoms with Crippen molar-refractivity contribution in [2.75, 3.05) is 0 Å². The molecule has 0 aliphatic heterocycles. The Bertz CT molecular complexity index is 843. The highest BCUT2D eigenvalue weighted by molar-refractivity contribution is 8.00. The standard InChI is InChI=1S/C23H27FN2S/c1-18(2)21-6-4-5-7-22(21)27-23(3,16-26-15-14-25-17-26)13-12-19-8-10-20(24)11-9-19/h4-11,14-15,17-18H,12-13,16H2,1-3H3. The Labute approximate surface area is 165 Å². The molecule has 0 bridgehead atoms. The number of halogens is 1. The summed E-state index contributed by atoms with van der Waals surface area (Å²) in [7, 11) is 0. The number of thioether (sulfide) groups is 1. The molecule has 2 aromatic carbocycles. The van der Waals surface area contributed by atoms with E-state index in [-0.39, 0.29) is 10.6 Å². The Morgan fingerprint density at radius 2 is 1.85 bits per heavy atom. The van der Waals surface area contributed by atoms with Crippen LogP contribution >= 0.6 is 11.8 Å². The normalized spacial score (nSPS) is 13.7. The summed E-state index contributed by atoms with van der Waals surface area (Å²) >= 11 is 1.94. The van der Waals surface area contributed by atoms with Gasteiger partial charge in [-0.25, -0.2) is 9.37 Å². The molecule has 0 radical (unpaired) electrons. The van der Waals surface area contributed by atoms with Gasteiger partial charge in [0.05, 0.1) is 6.33 Å². The van der Waals surface area contributed by atoms with E-state index >= 15 is 0 Å². The molecule has 27 heavy (non-hydrogen) atoms. The Balaban J connectivity index is 1.82. The van der Waals surface area contributed by atoms with E-state index in [0.29, 0.717) is 5.92 Å². The summed E-state index contributed by atoms with van der Waals surface area (Å²) < 4.78 is 15.4. The fourth-order valence-corrected chi connectivity index (χ4v) is 4.82. The van der Waals surface area contributed by atoms with Crippen LogP contribution in [0.15, 0.2) is 72.1 Å². The van der Waals surface area contributed by atoms with Crippen LogP contribution in [-0.2, 0) is 13.0 Å². The molecule has 0 N–H and O–H groups in total. The highest BCUT2D eigenvalue weighted by Crippen LogP contribution is 2.41. The number of nitrogens with zero attached hydrogens (tertiary/aromatic N) is 2. The SMILES string of the molecule is CC(C)c1ccccc1SC(C)(CCc1ccc(F)cc1)Cn1ccnc1. The number of benzene rings is 2. The number of imidazole rings is 1. The van der Waals surface area contributed by atoms with Crippen LogP contribution in [0.2, 0.25) is 0 Å². The molecule has 142 valence electrons. The van der Waals surface area contributed by atoms with Crippen LogP contribution < -0.4 is 0 Å². The molecule has 0 saturated heterocycles. The third-order valence-corrected chi connectivity index (χ3v) is 6.25. The zero-order chi connectivity index (χ0) is 19.3. The van der Waals surface area contributed by atoms with Crippen LogP contribution in [0.5, 0.6) is 0 Å². The Morgan fingerprint density at radius 1 is 1.11 bits per heavy atom. The maximum atomic E-state index is 13.2. The van der Waals surface area contributed by atoms with Crippen molar-refractivity contribution in [3.8, 4) is 0 Å². The zero-order valence-electron chi connectivity index (χ0n) is 16.2. The van der Waals surface area contributed by atoms with Crippen LogP contribution in [0.4, 0.5) is 4.39 Å². The van der Waals surface area contributed by atoms with E-state index in [1.54, 1.807) is 12.1 Å². The van der Waals surface area contributed by atoms with E-state index in [2.05, 4.69) is 54.6 Å². The van der Waals surface area contributed by atoms with Gasteiger partial charge in [0.25, 0.3) is 0 Å². The van der Waals surface area contributed by atoms with E-state index < -0.39 is 0 Å².